The highest BCUT2D eigenvalue weighted by molar-refractivity contribution is 5.88. The van der Waals surface area contributed by atoms with Gasteiger partial charge in [0.1, 0.15) is 6.10 Å². The summed E-state index contributed by atoms with van der Waals surface area (Å²) in [7, 11) is 0. The number of ether oxygens (including phenoxy) is 1. The molecule has 0 saturated heterocycles. The van der Waals surface area contributed by atoms with Gasteiger partial charge in [-0.2, -0.15) is 0 Å². The van der Waals surface area contributed by atoms with Gasteiger partial charge < -0.3 is 9.84 Å². The summed E-state index contributed by atoms with van der Waals surface area (Å²) in [6.45, 7) is 20.6. The van der Waals surface area contributed by atoms with Crippen LogP contribution in [-0.2, 0) is 9.53 Å². The van der Waals surface area contributed by atoms with Crippen LogP contribution in [0.2, 0.25) is 0 Å². The van der Waals surface area contributed by atoms with E-state index in [1.165, 1.54) is 70.6 Å². The first kappa shape index (κ1) is 30.4. The standard InChI is InChI=1S/C37H60O3/c1-9-40-32(39)16-13-26(38)12-11-25(2)27-17-22-34(5)28(27)18-23-36(7)30(34)14-15-31-35(6)21-10-20-33(3,4)29(35)19-24-37(31,36)8/h25-31,38H,9-12,14-15,17-24H2,1-8H3/t25-,26-,27-,28+,29?,30-,31-,34+,35+,36-,37-/m1/s1. The van der Waals surface area contributed by atoms with Crippen LogP contribution in [0.1, 0.15) is 139 Å². The summed E-state index contributed by atoms with van der Waals surface area (Å²) in [5.74, 6) is 9.39. The molecule has 0 aliphatic heterocycles. The fourth-order valence-electron chi connectivity index (χ4n) is 13.0. The largest absolute Gasteiger partial charge is 0.456 e. The third kappa shape index (κ3) is 4.61. The van der Waals surface area contributed by atoms with Crippen molar-refractivity contribution in [1.82, 2.24) is 0 Å². The molecule has 1 unspecified atom stereocenters. The molecule has 0 aromatic carbocycles. The van der Waals surface area contributed by atoms with Crippen LogP contribution in [0.3, 0.4) is 0 Å². The third-order valence-electron chi connectivity index (χ3n) is 15.0. The summed E-state index contributed by atoms with van der Waals surface area (Å²) in [5.41, 5.74) is 2.39. The molecule has 5 saturated carbocycles. The summed E-state index contributed by atoms with van der Waals surface area (Å²) < 4.78 is 4.88. The number of rotatable bonds is 5. The lowest BCUT2D eigenvalue weighted by atomic mass is 9.32. The van der Waals surface area contributed by atoms with Gasteiger partial charge >= 0.3 is 5.97 Å². The van der Waals surface area contributed by atoms with E-state index in [0.717, 1.165) is 36.0 Å². The van der Waals surface area contributed by atoms with Gasteiger partial charge in [-0.05, 0) is 147 Å². The van der Waals surface area contributed by atoms with E-state index in [0.29, 0.717) is 46.0 Å². The molecule has 0 radical (unpaired) electrons. The first-order valence-corrected chi connectivity index (χ1v) is 17.1. The van der Waals surface area contributed by atoms with Crippen LogP contribution in [-0.4, -0.2) is 23.8 Å². The Kier molecular flexibility index (Phi) is 8.08. The van der Waals surface area contributed by atoms with Crippen molar-refractivity contribution >= 4 is 5.97 Å². The first-order chi connectivity index (χ1) is 18.7. The molecule has 0 spiro atoms. The molecule has 5 aliphatic rings. The van der Waals surface area contributed by atoms with Crippen molar-refractivity contribution in [1.29, 1.82) is 0 Å². The molecule has 5 fully saturated rings. The van der Waals surface area contributed by atoms with Gasteiger partial charge in [-0.25, -0.2) is 4.79 Å². The Bertz CT molecular complexity index is 1020. The van der Waals surface area contributed by atoms with Gasteiger partial charge in [0.25, 0.3) is 0 Å². The van der Waals surface area contributed by atoms with Gasteiger partial charge in [0.15, 0.2) is 0 Å². The third-order valence-corrected chi connectivity index (χ3v) is 15.0. The molecule has 0 bridgehead atoms. The minimum atomic E-state index is -0.745. The zero-order valence-corrected chi connectivity index (χ0v) is 27.2. The average molecular weight is 553 g/mol. The van der Waals surface area contributed by atoms with Crippen LogP contribution in [0.25, 0.3) is 0 Å². The molecule has 0 aromatic heterocycles. The van der Waals surface area contributed by atoms with E-state index in [-0.39, 0.29) is 0 Å². The Morgan fingerprint density at radius 3 is 2.15 bits per heavy atom. The van der Waals surface area contributed by atoms with E-state index >= 15 is 0 Å². The van der Waals surface area contributed by atoms with E-state index in [9.17, 15) is 9.90 Å². The minimum Gasteiger partial charge on any atom is -0.456 e. The van der Waals surface area contributed by atoms with Crippen LogP contribution in [0.15, 0.2) is 0 Å². The molecule has 0 heterocycles. The lowest BCUT2D eigenvalue weighted by Gasteiger charge is -2.73. The van der Waals surface area contributed by atoms with Gasteiger partial charge in [-0.3, -0.25) is 0 Å². The number of hydrogen-bond acceptors (Lipinski definition) is 3. The van der Waals surface area contributed by atoms with Crippen molar-refractivity contribution in [2.75, 3.05) is 6.61 Å². The van der Waals surface area contributed by atoms with E-state index in [1.54, 1.807) is 6.92 Å². The zero-order valence-electron chi connectivity index (χ0n) is 27.2. The van der Waals surface area contributed by atoms with E-state index in [2.05, 4.69) is 60.3 Å². The highest BCUT2D eigenvalue weighted by Gasteiger charge is 2.70. The molecule has 3 nitrogen and oxygen atoms in total. The summed E-state index contributed by atoms with van der Waals surface area (Å²) in [6, 6.07) is 0. The molecule has 1 N–H and O–H groups in total. The van der Waals surface area contributed by atoms with Crippen LogP contribution < -0.4 is 0 Å². The highest BCUT2D eigenvalue weighted by atomic mass is 16.5. The summed E-state index contributed by atoms with van der Waals surface area (Å²) in [5, 5.41) is 10.4. The van der Waals surface area contributed by atoms with Crippen molar-refractivity contribution < 1.29 is 14.6 Å². The number of carbonyl (C=O) groups excluding carboxylic acids is 1. The molecule has 0 amide bonds. The van der Waals surface area contributed by atoms with Crippen LogP contribution in [0, 0.1) is 74.4 Å². The fourth-order valence-corrected chi connectivity index (χ4v) is 13.0. The Hall–Kier alpha value is -1.01. The number of esters is 1. The van der Waals surface area contributed by atoms with Crippen LogP contribution in [0.4, 0.5) is 0 Å². The maximum Gasteiger partial charge on any atom is 0.384 e. The summed E-state index contributed by atoms with van der Waals surface area (Å²) in [4.78, 5) is 11.5. The first-order valence-electron chi connectivity index (χ1n) is 17.1. The van der Waals surface area contributed by atoms with E-state index in [1.807, 2.05) is 0 Å². The Morgan fingerprint density at radius 2 is 1.48 bits per heavy atom. The number of carbonyl (C=O) groups is 1. The summed E-state index contributed by atoms with van der Waals surface area (Å²) >= 11 is 0. The van der Waals surface area contributed by atoms with Gasteiger partial charge in [-0.1, -0.05) is 60.8 Å². The summed E-state index contributed by atoms with van der Waals surface area (Å²) in [6.07, 6.45) is 16.5. The number of aliphatic hydroxyl groups excluding tert-OH is 1. The van der Waals surface area contributed by atoms with Crippen molar-refractivity contribution in [3.05, 3.63) is 0 Å². The number of aliphatic hydroxyl groups is 1. The average Bonchev–Trinajstić information content (AvgIpc) is 3.23. The van der Waals surface area contributed by atoms with Gasteiger partial charge in [-0.15, -0.1) is 0 Å². The molecule has 3 heteroatoms. The van der Waals surface area contributed by atoms with Crippen LogP contribution >= 0.6 is 0 Å². The number of hydrogen-bond donors (Lipinski definition) is 1. The van der Waals surface area contributed by atoms with Crippen molar-refractivity contribution in [3.8, 4) is 11.8 Å². The zero-order chi connectivity index (χ0) is 29.1. The lowest BCUT2D eigenvalue weighted by molar-refractivity contribution is -0.241. The molecular formula is C37H60O3. The minimum absolute atomic E-state index is 0.320. The highest BCUT2D eigenvalue weighted by Crippen LogP contribution is 2.78. The van der Waals surface area contributed by atoms with E-state index in [4.69, 9.17) is 4.74 Å². The molecule has 0 aromatic rings. The predicted octanol–water partition coefficient (Wildman–Crippen LogP) is 8.82. The second-order valence-corrected chi connectivity index (χ2v) is 16.9. The Labute approximate surface area is 246 Å². The second kappa shape index (κ2) is 10.6. The number of fused-ring (bicyclic) bond motifs is 7. The monoisotopic (exact) mass is 552 g/mol. The molecule has 40 heavy (non-hydrogen) atoms. The lowest BCUT2D eigenvalue weighted by Crippen LogP contribution is -2.65. The quantitative estimate of drug-likeness (QED) is 0.211. The molecule has 5 aliphatic carbocycles. The SMILES string of the molecule is CCOC(=O)C#C[C@H](O)CC[C@@H](C)[C@H]1CC[C@]2(C)[C@H]3CC[C@@H]4[C@@]5(C)CCCC(C)(C)C5CC[C@@]4(C)[C@]3(C)CC[C@@H]12. The smallest absolute Gasteiger partial charge is 0.384 e. The van der Waals surface area contributed by atoms with Crippen molar-refractivity contribution in [2.45, 2.75) is 145 Å². The van der Waals surface area contributed by atoms with Gasteiger partial charge in [0.2, 0.25) is 0 Å². The Balaban J connectivity index is 1.30. The van der Waals surface area contributed by atoms with Crippen LogP contribution in [0.5, 0.6) is 0 Å². The molecule has 11 atom stereocenters. The maximum absolute atomic E-state index is 11.5. The predicted molar refractivity (Wildman–Crippen MR) is 163 cm³/mol. The van der Waals surface area contributed by atoms with Gasteiger partial charge in [0.05, 0.1) is 6.61 Å². The normalized spacial score (nSPS) is 46.9. The maximum atomic E-state index is 11.5. The van der Waals surface area contributed by atoms with E-state index < -0.39 is 12.1 Å². The topological polar surface area (TPSA) is 46.5 Å². The Morgan fingerprint density at radius 1 is 0.825 bits per heavy atom. The molecule has 226 valence electrons. The fraction of sp³-hybridized carbons (Fsp3) is 0.919. The van der Waals surface area contributed by atoms with Crippen molar-refractivity contribution in [3.63, 3.8) is 0 Å². The molecule has 5 rings (SSSR count). The second-order valence-electron chi connectivity index (χ2n) is 16.9. The van der Waals surface area contributed by atoms with Crippen molar-refractivity contribution in [2.24, 2.45) is 62.6 Å². The van der Waals surface area contributed by atoms with Gasteiger partial charge in [0, 0.05) is 5.92 Å². The molecular weight excluding hydrogens is 492 g/mol.